The Balaban J connectivity index is 2.79. The fraction of sp³-hybridized carbons (Fsp3) is 0.300. The van der Waals surface area contributed by atoms with Gasteiger partial charge in [0.25, 0.3) is 0 Å². The van der Waals surface area contributed by atoms with E-state index in [0.29, 0.717) is 16.5 Å². The van der Waals surface area contributed by atoms with Gasteiger partial charge in [0.2, 0.25) is 0 Å². The van der Waals surface area contributed by atoms with Gasteiger partial charge < -0.3 is 15.2 Å². The first kappa shape index (κ1) is 11.7. The minimum absolute atomic E-state index is 0.445. The van der Waals surface area contributed by atoms with Crippen LogP contribution in [0, 0.1) is 0 Å². The molecule has 0 amide bonds. The van der Waals surface area contributed by atoms with Gasteiger partial charge >= 0.3 is 5.97 Å². The van der Waals surface area contributed by atoms with Crippen LogP contribution in [-0.2, 0) is 4.79 Å². The molecule has 0 spiro atoms. The average Bonchev–Trinajstić information content (AvgIpc) is 2.18. The first-order chi connectivity index (χ1) is 7.04. The number of anilines is 1. The predicted octanol–water partition coefficient (Wildman–Crippen LogP) is 2.23. The topological polar surface area (TPSA) is 58.6 Å². The number of rotatable bonds is 4. The molecule has 0 saturated carbocycles. The highest BCUT2D eigenvalue weighted by Crippen LogP contribution is 2.27. The van der Waals surface area contributed by atoms with Crippen LogP contribution in [0.25, 0.3) is 0 Å². The summed E-state index contributed by atoms with van der Waals surface area (Å²) in [6.45, 7) is 1.56. The Labute approximate surface area is 92.8 Å². The molecule has 5 heteroatoms. The van der Waals surface area contributed by atoms with E-state index >= 15 is 0 Å². The van der Waals surface area contributed by atoms with E-state index in [1.807, 2.05) is 0 Å². The molecule has 0 bridgehead atoms. The fourth-order valence-electron chi connectivity index (χ4n) is 1.07. The molecule has 1 aromatic carbocycles. The SMILES string of the molecule is COc1ccc(NC(C)C(=O)O)cc1Cl. The van der Waals surface area contributed by atoms with Crippen molar-refractivity contribution in [2.24, 2.45) is 0 Å². The van der Waals surface area contributed by atoms with Crippen LogP contribution >= 0.6 is 11.6 Å². The van der Waals surface area contributed by atoms with Crippen molar-refractivity contribution in [2.75, 3.05) is 12.4 Å². The molecule has 82 valence electrons. The number of hydrogen-bond donors (Lipinski definition) is 2. The maximum absolute atomic E-state index is 10.6. The van der Waals surface area contributed by atoms with E-state index in [4.69, 9.17) is 21.4 Å². The number of carbonyl (C=O) groups is 1. The molecule has 1 aromatic rings. The van der Waals surface area contributed by atoms with E-state index < -0.39 is 12.0 Å². The van der Waals surface area contributed by atoms with E-state index in [2.05, 4.69) is 5.32 Å². The highest BCUT2D eigenvalue weighted by molar-refractivity contribution is 6.32. The Kier molecular flexibility index (Phi) is 3.80. The lowest BCUT2D eigenvalue weighted by molar-refractivity contribution is -0.137. The first-order valence-corrected chi connectivity index (χ1v) is 4.75. The summed E-state index contributed by atoms with van der Waals surface area (Å²) in [6, 6.07) is 4.36. The smallest absolute Gasteiger partial charge is 0.325 e. The van der Waals surface area contributed by atoms with Gasteiger partial charge in [-0.25, -0.2) is 0 Å². The lowest BCUT2D eigenvalue weighted by Crippen LogP contribution is -2.25. The predicted molar refractivity (Wildman–Crippen MR) is 58.7 cm³/mol. The number of benzene rings is 1. The second-order valence-corrected chi connectivity index (χ2v) is 3.46. The zero-order valence-electron chi connectivity index (χ0n) is 8.45. The largest absolute Gasteiger partial charge is 0.495 e. The van der Waals surface area contributed by atoms with Gasteiger partial charge in [0, 0.05) is 5.69 Å². The van der Waals surface area contributed by atoms with Crippen LogP contribution < -0.4 is 10.1 Å². The summed E-state index contributed by atoms with van der Waals surface area (Å²) in [5.41, 5.74) is 0.649. The Morgan fingerprint density at radius 2 is 2.27 bits per heavy atom. The summed E-state index contributed by atoms with van der Waals surface area (Å²) in [4.78, 5) is 10.6. The van der Waals surface area contributed by atoms with Crippen molar-refractivity contribution in [1.29, 1.82) is 0 Å². The summed E-state index contributed by atoms with van der Waals surface area (Å²) < 4.78 is 4.98. The van der Waals surface area contributed by atoms with Gasteiger partial charge in [-0.3, -0.25) is 4.79 Å². The second-order valence-electron chi connectivity index (χ2n) is 3.05. The molecular weight excluding hydrogens is 218 g/mol. The van der Waals surface area contributed by atoms with Crippen molar-refractivity contribution in [2.45, 2.75) is 13.0 Å². The minimum Gasteiger partial charge on any atom is -0.495 e. The highest BCUT2D eigenvalue weighted by atomic mass is 35.5. The summed E-state index contributed by atoms with van der Waals surface area (Å²) in [7, 11) is 1.52. The second kappa shape index (κ2) is 4.89. The first-order valence-electron chi connectivity index (χ1n) is 4.37. The van der Waals surface area contributed by atoms with Crippen LogP contribution in [0.3, 0.4) is 0 Å². The van der Waals surface area contributed by atoms with Gasteiger partial charge in [0.05, 0.1) is 12.1 Å². The number of aliphatic carboxylic acids is 1. The maximum Gasteiger partial charge on any atom is 0.325 e. The van der Waals surface area contributed by atoms with Crippen molar-refractivity contribution in [3.8, 4) is 5.75 Å². The van der Waals surface area contributed by atoms with Gasteiger partial charge in [0.1, 0.15) is 11.8 Å². The number of nitrogens with one attached hydrogen (secondary N) is 1. The van der Waals surface area contributed by atoms with Gasteiger partial charge in [-0.2, -0.15) is 0 Å². The number of ether oxygens (including phenoxy) is 1. The Morgan fingerprint density at radius 1 is 1.60 bits per heavy atom. The van der Waals surface area contributed by atoms with Gasteiger partial charge in [-0.05, 0) is 25.1 Å². The van der Waals surface area contributed by atoms with E-state index in [1.165, 1.54) is 7.11 Å². The third-order valence-corrected chi connectivity index (χ3v) is 2.20. The van der Waals surface area contributed by atoms with Gasteiger partial charge in [-0.1, -0.05) is 11.6 Å². The quantitative estimate of drug-likeness (QED) is 0.831. The lowest BCUT2D eigenvalue weighted by atomic mass is 10.2. The minimum atomic E-state index is -0.915. The molecule has 0 heterocycles. The summed E-state index contributed by atoms with van der Waals surface area (Å²) in [6.07, 6.45) is 0. The van der Waals surface area contributed by atoms with Crippen LogP contribution in [0.1, 0.15) is 6.92 Å². The van der Waals surface area contributed by atoms with Crippen LogP contribution in [0.15, 0.2) is 18.2 Å². The third kappa shape index (κ3) is 3.02. The Hall–Kier alpha value is -1.42. The molecule has 2 N–H and O–H groups in total. The molecule has 0 radical (unpaired) electrons. The summed E-state index contributed by atoms with van der Waals surface area (Å²) in [5.74, 6) is -0.355. The molecule has 0 aliphatic carbocycles. The summed E-state index contributed by atoms with van der Waals surface area (Å²) >= 11 is 5.88. The highest BCUT2D eigenvalue weighted by Gasteiger charge is 2.10. The van der Waals surface area contributed by atoms with E-state index in [0.717, 1.165) is 0 Å². The van der Waals surface area contributed by atoms with Crippen LogP contribution in [0.5, 0.6) is 5.75 Å². The van der Waals surface area contributed by atoms with Crippen LogP contribution in [0.4, 0.5) is 5.69 Å². The molecule has 0 aliphatic rings. The van der Waals surface area contributed by atoms with Gasteiger partial charge in [-0.15, -0.1) is 0 Å². The average molecular weight is 230 g/mol. The fourth-order valence-corrected chi connectivity index (χ4v) is 1.33. The normalized spacial score (nSPS) is 11.9. The molecule has 0 aromatic heterocycles. The van der Waals surface area contributed by atoms with Crippen LogP contribution in [0.2, 0.25) is 5.02 Å². The van der Waals surface area contributed by atoms with E-state index in [-0.39, 0.29) is 0 Å². The maximum atomic E-state index is 10.6. The van der Waals surface area contributed by atoms with Gasteiger partial charge in [0.15, 0.2) is 0 Å². The van der Waals surface area contributed by atoms with Crippen molar-refractivity contribution < 1.29 is 14.6 Å². The standard InChI is InChI=1S/C10H12ClNO3/c1-6(10(13)14)12-7-3-4-9(15-2)8(11)5-7/h3-6,12H,1-2H3,(H,13,14). The number of carboxylic acid groups (broad SMARTS) is 1. The molecule has 1 unspecified atom stereocenters. The van der Waals surface area contributed by atoms with E-state index in [9.17, 15) is 4.79 Å². The van der Waals surface area contributed by atoms with Crippen LogP contribution in [-0.4, -0.2) is 24.2 Å². The lowest BCUT2D eigenvalue weighted by Gasteiger charge is -2.11. The molecule has 1 rings (SSSR count). The molecule has 0 fully saturated rings. The Bertz CT molecular complexity index is 368. The summed E-state index contributed by atoms with van der Waals surface area (Å²) in [5, 5.41) is 11.9. The molecule has 0 aliphatic heterocycles. The van der Waals surface area contributed by atoms with Crippen molar-refractivity contribution >= 4 is 23.3 Å². The number of halogens is 1. The number of carboxylic acids is 1. The molecule has 15 heavy (non-hydrogen) atoms. The molecule has 0 saturated heterocycles. The zero-order valence-corrected chi connectivity index (χ0v) is 9.21. The molecular formula is C10H12ClNO3. The Morgan fingerprint density at radius 3 is 2.73 bits per heavy atom. The van der Waals surface area contributed by atoms with Crippen molar-refractivity contribution in [1.82, 2.24) is 0 Å². The monoisotopic (exact) mass is 229 g/mol. The number of methoxy groups -OCH3 is 1. The van der Waals surface area contributed by atoms with Crippen molar-refractivity contribution in [3.05, 3.63) is 23.2 Å². The molecule has 1 atom stereocenters. The zero-order chi connectivity index (χ0) is 11.4. The number of hydrogen-bond acceptors (Lipinski definition) is 3. The van der Waals surface area contributed by atoms with Crippen molar-refractivity contribution in [3.63, 3.8) is 0 Å². The van der Waals surface area contributed by atoms with E-state index in [1.54, 1.807) is 25.1 Å². The molecule has 4 nitrogen and oxygen atoms in total. The third-order valence-electron chi connectivity index (χ3n) is 1.91.